The Labute approximate surface area is 417 Å². The van der Waals surface area contributed by atoms with Crippen LogP contribution >= 0.6 is 15.6 Å². The number of phosphoric acid groups is 2. The third-order valence-corrected chi connectivity index (χ3v) is 12.8. The molecule has 0 aromatic heterocycles. The number of hydrogen-bond donors (Lipinski definition) is 8. The van der Waals surface area contributed by atoms with Crippen molar-refractivity contribution in [3.05, 3.63) is 72.9 Å². The van der Waals surface area contributed by atoms with Crippen molar-refractivity contribution in [2.24, 2.45) is 0 Å². The minimum atomic E-state index is -5.38. The van der Waals surface area contributed by atoms with Crippen molar-refractivity contribution in [1.82, 2.24) is 0 Å². The molecule has 0 aromatic carbocycles. The van der Waals surface area contributed by atoms with E-state index < -0.39 is 89.6 Å². The van der Waals surface area contributed by atoms with Crippen LogP contribution in [0.15, 0.2) is 72.9 Å². The van der Waals surface area contributed by atoms with E-state index in [1.807, 2.05) is 36.5 Å². The number of aliphatic hydroxyl groups excluding tert-OH is 5. The van der Waals surface area contributed by atoms with Crippen LogP contribution in [-0.2, 0) is 41.8 Å². The first-order valence-corrected chi connectivity index (χ1v) is 28.6. The summed E-state index contributed by atoms with van der Waals surface area (Å²) in [5, 5.41) is 51.4. The normalized spacial score (nSPS) is 22.0. The molecule has 0 aliphatic heterocycles. The quantitative estimate of drug-likeness (QED) is 0.00929. The lowest BCUT2D eigenvalue weighted by molar-refractivity contribution is -0.216. The molecule has 9 atom stereocenters. The summed E-state index contributed by atoms with van der Waals surface area (Å²) < 4.78 is 49.4. The molecule has 19 heteroatoms. The van der Waals surface area contributed by atoms with Gasteiger partial charge >= 0.3 is 27.6 Å². The molecule has 0 heterocycles. The summed E-state index contributed by atoms with van der Waals surface area (Å²) in [7, 11) is -10.7. The zero-order valence-corrected chi connectivity index (χ0v) is 43.6. The van der Waals surface area contributed by atoms with Gasteiger partial charge in [-0.25, -0.2) is 9.13 Å². The lowest BCUT2D eigenvalue weighted by atomic mass is 9.85. The number of aliphatic hydroxyl groups is 5. The predicted molar refractivity (Wildman–Crippen MR) is 270 cm³/mol. The lowest BCUT2D eigenvalue weighted by Gasteiger charge is -2.43. The summed E-state index contributed by atoms with van der Waals surface area (Å²) in [6.45, 7) is 2.94. The minimum Gasteiger partial charge on any atom is -0.462 e. The lowest BCUT2D eigenvalue weighted by Crippen LogP contribution is -2.64. The van der Waals surface area contributed by atoms with E-state index in [1.54, 1.807) is 6.08 Å². The highest BCUT2D eigenvalue weighted by atomic mass is 31.2. The second-order valence-corrected chi connectivity index (χ2v) is 20.3. The maximum atomic E-state index is 13.0. The second-order valence-electron chi connectivity index (χ2n) is 17.7. The van der Waals surface area contributed by atoms with E-state index in [0.717, 1.165) is 64.2 Å². The summed E-state index contributed by atoms with van der Waals surface area (Å²) in [5.74, 6) is -1.32. The minimum absolute atomic E-state index is 0.00702. The van der Waals surface area contributed by atoms with Crippen molar-refractivity contribution < 1.29 is 82.0 Å². The van der Waals surface area contributed by atoms with E-state index in [-0.39, 0.29) is 12.8 Å². The Morgan fingerprint density at radius 3 is 1.59 bits per heavy atom. The fourth-order valence-electron chi connectivity index (χ4n) is 7.30. The molecular weight excluding hydrogens is 946 g/mol. The first-order chi connectivity index (χ1) is 33.5. The summed E-state index contributed by atoms with van der Waals surface area (Å²) >= 11 is 0. The maximum Gasteiger partial charge on any atom is 0.472 e. The highest BCUT2D eigenvalue weighted by Gasteiger charge is 2.54. The van der Waals surface area contributed by atoms with Crippen molar-refractivity contribution in [2.75, 3.05) is 13.2 Å². The van der Waals surface area contributed by atoms with Gasteiger partial charge in [-0.1, -0.05) is 157 Å². The summed E-state index contributed by atoms with van der Waals surface area (Å²) in [6.07, 6.45) is 31.5. The molecule has 0 saturated heterocycles. The number of hydrogen-bond acceptors (Lipinski definition) is 14. The molecule has 1 fully saturated rings. The van der Waals surface area contributed by atoms with Gasteiger partial charge in [-0.15, -0.1) is 0 Å². The third-order valence-electron chi connectivity index (χ3n) is 11.3. The zero-order chi connectivity index (χ0) is 51.9. The Kier molecular flexibility index (Phi) is 38.2. The Bertz CT molecular complexity index is 1640. The maximum absolute atomic E-state index is 13.0. The first kappa shape index (κ1) is 65.4. The molecule has 0 amide bonds. The van der Waals surface area contributed by atoms with E-state index in [1.165, 1.54) is 51.4 Å². The highest BCUT2D eigenvalue weighted by Crippen LogP contribution is 2.49. The molecule has 0 radical (unpaired) electrons. The number of carbonyl (C=O) groups excluding carboxylic acids is 2. The van der Waals surface area contributed by atoms with Crippen LogP contribution in [0, 0.1) is 0 Å². The number of carbonyl (C=O) groups is 2. The number of esters is 2. The smallest absolute Gasteiger partial charge is 0.462 e. The molecule has 17 nitrogen and oxygen atoms in total. The summed E-state index contributed by atoms with van der Waals surface area (Å²) in [5.41, 5.74) is 0. The Morgan fingerprint density at radius 2 is 1.01 bits per heavy atom. The fraction of sp³-hybridized carbons (Fsp3) is 0.725. The zero-order valence-electron chi connectivity index (χ0n) is 41.8. The van der Waals surface area contributed by atoms with Gasteiger partial charge in [0, 0.05) is 12.8 Å². The highest BCUT2D eigenvalue weighted by molar-refractivity contribution is 7.47. The van der Waals surface area contributed by atoms with Crippen molar-refractivity contribution in [3.8, 4) is 0 Å². The Hall–Kier alpha value is -2.60. The molecule has 70 heavy (non-hydrogen) atoms. The number of unbranched alkanes of at least 4 members (excludes halogenated alkanes) is 16. The van der Waals surface area contributed by atoms with Gasteiger partial charge in [-0.2, -0.15) is 0 Å². The third kappa shape index (κ3) is 34.7. The van der Waals surface area contributed by atoms with Crippen LogP contribution in [0.1, 0.15) is 174 Å². The number of ether oxygens (including phenoxy) is 2. The van der Waals surface area contributed by atoms with Crippen LogP contribution in [0.5, 0.6) is 0 Å². The molecule has 1 saturated carbocycles. The van der Waals surface area contributed by atoms with E-state index >= 15 is 0 Å². The predicted octanol–water partition coefficient (Wildman–Crippen LogP) is 9.37. The molecule has 0 bridgehead atoms. The van der Waals surface area contributed by atoms with Crippen LogP contribution in [0.2, 0.25) is 0 Å². The van der Waals surface area contributed by atoms with Gasteiger partial charge in [0.2, 0.25) is 0 Å². The second kappa shape index (κ2) is 40.8. The Balaban J connectivity index is 2.61. The Morgan fingerprint density at radius 1 is 0.529 bits per heavy atom. The SMILES string of the molecule is CCCCC/C=C\C=C/[C@@H](O)C/C=C\C/C=C/CCCC(=O)OC[C@H](COP(=O)(O)O[C@H]1C(O)C(O)C(O)[C@@H](OP(=O)(O)O)C1O)OC(=O)CCCCCCCCCCC/C=C\C/C=C\CCCCC. The summed E-state index contributed by atoms with van der Waals surface area (Å²) in [4.78, 5) is 54.4. The fourth-order valence-corrected chi connectivity index (χ4v) is 8.84. The van der Waals surface area contributed by atoms with Gasteiger partial charge in [-0.3, -0.25) is 23.2 Å². The molecule has 1 aliphatic carbocycles. The molecule has 404 valence electrons. The first-order valence-electron chi connectivity index (χ1n) is 25.6. The van der Waals surface area contributed by atoms with Gasteiger partial charge < -0.3 is 49.7 Å². The van der Waals surface area contributed by atoms with Crippen LogP contribution in [0.25, 0.3) is 0 Å². The largest absolute Gasteiger partial charge is 0.472 e. The van der Waals surface area contributed by atoms with Crippen LogP contribution < -0.4 is 0 Å². The standard InChI is InChI=1S/C51H88O17P2/c1-3-5-7-9-11-12-13-14-15-16-17-18-19-20-21-22-26-31-35-39-45(54)66-43(41-65-70(62,63)68-51-48(57)46(55)47(56)50(49(51)58)67-69(59,60)61)40-64-44(53)38-34-30-27-23-25-29-33-37-42(52)36-32-28-24-10-8-6-4-2/h11-12,14-15,23-24,27-29,32-33,36,42-43,46-52,55-58H,3-10,13,16-22,25-26,30-31,34-35,37-41H2,1-2H3,(H,62,63)(H2,59,60,61)/b12-11-,15-14-,27-23+,28-24-,33-29-,36-32-/t42-,43-,46?,47?,48?,49?,50-,51+/m1/s1. The monoisotopic (exact) mass is 1030 g/mol. The van der Waals surface area contributed by atoms with Gasteiger partial charge in [0.25, 0.3) is 0 Å². The molecule has 5 unspecified atom stereocenters. The van der Waals surface area contributed by atoms with Crippen LogP contribution in [-0.4, -0.2) is 114 Å². The molecular formula is C51H88O17P2. The van der Waals surface area contributed by atoms with Gasteiger partial charge in [0.1, 0.15) is 43.2 Å². The average molecular weight is 1040 g/mol. The average Bonchev–Trinajstić information content (AvgIpc) is 3.31. The van der Waals surface area contributed by atoms with E-state index in [0.29, 0.717) is 32.1 Å². The van der Waals surface area contributed by atoms with Gasteiger partial charge in [-0.05, 0) is 77.0 Å². The number of rotatable bonds is 42. The van der Waals surface area contributed by atoms with Crippen molar-refractivity contribution in [3.63, 3.8) is 0 Å². The molecule has 1 rings (SSSR count). The molecule has 8 N–H and O–H groups in total. The topological polar surface area (TPSA) is 276 Å². The van der Waals surface area contributed by atoms with Crippen LogP contribution in [0.3, 0.4) is 0 Å². The van der Waals surface area contributed by atoms with Crippen LogP contribution in [0.4, 0.5) is 0 Å². The van der Waals surface area contributed by atoms with Crippen molar-refractivity contribution >= 4 is 27.6 Å². The molecule has 0 spiro atoms. The van der Waals surface area contributed by atoms with Crippen molar-refractivity contribution in [2.45, 2.75) is 223 Å². The van der Waals surface area contributed by atoms with Gasteiger partial charge in [0.05, 0.1) is 12.7 Å². The van der Waals surface area contributed by atoms with E-state index in [2.05, 4.69) is 48.8 Å². The van der Waals surface area contributed by atoms with Gasteiger partial charge in [0.15, 0.2) is 6.10 Å². The van der Waals surface area contributed by atoms with E-state index in [4.69, 9.17) is 18.5 Å². The number of phosphoric ester groups is 2. The summed E-state index contributed by atoms with van der Waals surface area (Å²) in [6, 6.07) is 0. The molecule has 1 aliphatic rings. The van der Waals surface area contributed by atoms with Crippen molar-refractivity contribution in [1.29, 1.82) is 0 Å². The molecule has 0 aromatic rings. The van der Waals surface area contributed by atoms with E-state index in [9.17, 15) is 58.9 Å². The number of allylic oxidation sites excluding steroid dienone is 10.